The van der Waals surface area contributed by atoms with E-state index in [-0.39, 0.29) is 5.91 Å². The Morgan fingerprint density at radius 3 is 2.65 bits per heavy atom. The topological polar surface area (TPSA) is 108 Å². The Kier molecular flexibility index (Phi) is 6.59. The van der Waals surface area contributed by atoms with Crippen LogP contribution < -0.4 is 16.0 Å². The van der Waals surface area contributed by atoms with Gasteiger partial charge in [0.15, 0.2) is 11.5 Å². The highest BCUT2D eigenvalue weighted by molar-refractivity contribution is 6.30. The number of nitrogens with zero attached hydrogens (tertiary/aromatic N) is 3. The van der Waals surface area contributed by atoms with Gasteiger partial charge in [-0.3, -0.25) is 9.89 Å². The fraction of sp³-hybridized carbons (Fsp3) is 0.182. The van der Waals surface area contributed by atoms with Crippen LogP contribution in [0.3, 0.4) is 0 Å². The lowest BCUT2D eigenvalue weighted by Gasteiger charge is -2.09. The summed E-state index contributed by atoms with van der Waals surface area (Å²) in [5.41, 5.74) is 2.13. The van der Waals surface area contributed by atoms with Gasteiger partial charge in [0.1, 0.15) is 17.5 Å². The smallest absolute Gasteiger partial charge is 0.251 e. The summed E-state index contributed by atoms with van der Waals surface area (Å²) in [6, 6.07) is 16.6. The van der Waals surface area contributed by atoms with E-state index in [0.717, 1.165) is 23.9 Å². The molecule has 0 unspecified atom stereocenters. The molecule has 8 nitrogen and oxygen atoms in total. The zero-order valence-electron chi connectivity index (χ0n) is 16.7. The first-order chi connectivity index (χ1) is 15.2. The molecule has 0 saturated carbocycles. The van der Waals surface area contributed by atoms with Crippen LogP contribution in [-0.2, 0) is 0 Å². The van der Waals surface area contributed by atoms with Gasteiger partial charge in [-0.2, -0.15) is 5.10 Å². The second kappa shape index (κ2) is 9.90. The van der Waals surface area contributed by atoms with Crippen molar-refractivity contribution in [3.8, 4) is 0 Å². The molecule has 158 valence electrons. The zero-order chi connectivity index (χ0) is 21.5. The molecule has 2 aromatic carbocycles. The molecule has 1 amide bonds. The standard InChI is InChI=1S/C22H22ClN7O/c23-16-9-6-10-17(13-16)28-19-18-20(29-30-21(18)27-14-26-19)24-11-4-5-12-25-22(31)15-7-2-1-3-8-15/h1-3,6-10,13-14H,4-5,11-12H2,(H,25,31)(H3,24,26,27,28,29,30). The first kappa shape index (κ1) is 20.6. The van der Waals surface area contributed by atoms with Crippen LogP contribution in [0.2, 0.25) is 5.02 Å². The van der Waals surface area contributed by atoms with Crippen molar-refractivity contribution in [1.29, 1.82) is 0 Å². The highest BCUT2D eigenvalue weighted by atomic mass is 35.5. The van der Waals surface area contributed by atoms with E-state index in [0.29, 0.717) is 41.0 Å². The first-order valence-corrected chi connectivity index (χ1v) is 10.4. The molecule has 31 heavy (non-hydrogen) atoms. The number of nitrogens with one attached hydrogen (secondary N) is 4. The first-order valence-electron chi connectivity index (χ1n) is 9.99. The monoisotopic (exact) mass is 435 g/mol. The molecule has 2 heterocycles. The van der Waals surface area contributed by atoms with Crippen LogP contribution in [-0.4, -0.2) is 39.2 Å². The molecule has 9 heteroatoms. The van der Waals surface area contributed by atoms with Gasteiger partial charge in [-0.05, 0) is 43.2 Å². The highest BCUT2D eigenvalue weighted by Gasteiger charge is 2.13. The van der Waals surface area contributed by atoms with E-state index < -0.39 is 0 Å². The van der Waals surface area contributed by atoms with E-state index in [2.05, 4.69) is 36.1 Å². The number of aromatic nitrogens is 4. The van der Waals surface area contributed by atoms with Gasteiger partial charge in [0, 0.05) is 29.4 Å². The second-order valence-electron chi connectivity index (χ2n) is 6.91. The number of halogens is 1. The number of hydrogen-bond acceptors (Lipinski definition) is 6. The minimum Gasteiger partial charge on any atom is -0.368 e. The number of H-pyrrole nitrogens is 1. The maximum atomic E-state index is 12.0. The summed E-state index contributed by atoms with van der Waals surface area (Å²) in [4.78, 5) is 20.7. The second-order valence-corrected chi connectivity index (χ2v) is 7.35. The number of anilines is 3. The van der Waals surface area contributed by atoms with Gasteiger partial charge in [0.05, 0.1) is 0 Å². The fourth-order valence-electron chi connectivity index (χ4n) is 3.14. The van der Waals surface area contributed by atoms with Crippen LogP contribution >= 0.6 is 11.6 Å². The minimum atomic E-state index is -0.0549. The molecule has 4 rings (SSSR count). The number of amides is 1. The van der Waals surface area contributed by atoms with Crippen molar-refractivity contribution in [2.75, 3.05) is 23.7 Å². The molecule has 0 bridgehead atoms. The average molecular weight is 436 g/mol. The molecule has 0 radical (unpaired) electrons. The Balaban J connectivity index is 1.31. The fourth-order valence-corrected chi connectivity index (χ4v) is 3.33. The third-order valence-electron chi connectivity index (χ3n) is 4.66. The molecule has 4 N–H and O–H groups in total. The predicted molar refractivity (Wildman–Crippen MR) is 123 cm³/mol. The number of aromatic amines is 1. The van der Waals surface area contributed by atoms with Crippen molar-refractivity contribution >= 4 is 45.9 Å². The van der Waals surface area contributed by atoms with E-state index in [1.165, 1.54) is 6.33 Å². The lowest BCUT2D eigenvalue weighted by Crippen LogP contribution is -2.24. The molecule has 4 aromatic rings. The Morgan fingerprint density at radius 1 is 0.968 bits per heavy atom. The van der Waals surface area contributed by atoms with Crippen molar-refractivity contribution in [2.45, 2.75) is 12.8 Å². The number of rotatable bonds is 9. The molecular formula is C22H22ClN7O. The third kappa shape index (κ3) is 5.29. The summed E-state index contributed by atoms with van der Waals surface area (Å²) in [6.07, 6.45) is 3.19. The molecule has 2 aromatic heterocycles. The van der Waals surface area contributed by atoms with Crippen LogP contribution in [0, 0.1) is 0 Å². The molecule has 0 aliphatic heterocycles. The van der Waals surface area contributed by atoms with E-state index in [4.69, 9.17) is 11.6 Å². The van der Waals surface area contributed by atoms with E-state index >= 15 is 0 Å². The van der Waals surface area contributed by atoms with Gasteiger partial charge >= 0.3 is 0 Å². The van der Waals surface area contributed by atoms with E-state index in [1.54, 1.807) is 12.1 Å². The number of hydrogen-bond donors (Lipinski definition) is 4. The number of fused-ring (bicyclic) bond motifs is 1. The Hall–Kier alpha value is -3.65. The summed E-state index contributed by atoms with van der Waals surface area (Å²) in [7, 11) is 0. The van der Waals surface area contributed by atoms with Crippen molar-refractivity contribution in [3.05, 3.63) is 71.5 Å². The summed E-state index contributed by atoms with van der Waals surface area (Å²) in [5.74, 6) is 1.26. The summed E-state index contributed by atoms with van der Waals surface area (Å²) in [5, 5.41) is 18.2. The normalized spacial score (nSPS) is 10.7. The molecule has 0 saturated heterocycles. The van der Waals surface area contributed by atoms with Crippen molar-refractivity contribution in [1.82, 2.24) is 25.5 Å². The van der Waals surface area contributed by atoms with Gasteiger partial charge in [-0.15, -0.1) is 0 Å². The zero-order valence-corrected chi connectivity index (χ0v) is 17.5. The lowest BCUT2D eigenvalue weighted by atomic mass is 10.2. The minimum absolute atomic E-state index is 0.0549. The quantitative estimate of drug-likeness (QED) is 0.291. The number of carbonyl (C=O) groups is 1. The number of benzene rings is 2. The Labute approximate surface area is 184 Å². The van der Waals surface area contributed by atoms with Gasteiger partial charge in [0.25, 0.3) is 5.91 Å². The van der Waals surface area contributed by atoms with E-state index in [1.807, 2.05) is 42.5 Å². The molecule has 0 fully saturated rings. The molecule has 0 spiro atoms. The van der Waals surface area contributed by atoms with Crippen LogP contribution in [0.5, 0.6) is 0 Å². The number of carbonyl (C=O) groups excluding carboxylic acids is 1. The SMILES string of the molecule is O=C(NCCCCNc1n[nH]c2ncnc(Nc3cccc(Cl)c3)c12)c1ccccc1. The molecule has 0 atom stereocenters. The van der Waals surface area contributed by atoms with Crippen LogP contribution in [0.15, 0.2) is 60.9 Å². The lowest BCUT2D eigenvalue weighted by molar-refractivity contribution is 0.0953. The summed E-state index contributed by atoms with van der Waals surface area (Å²) >= 11 is 6.07. The third-order valence-corrected chi connectivity index (χ3v) is 4.90. The van der Waals surface area contributed by atoms with Crippen LogP contribution in [0.1, 0.15) is 23.2 Å². The highest BCUT2D eigenvalue weighted by Crippen LogP contribution is 2.28. The Morgan fingerprint density at radius 2 is 1.81 bits per heavy atom. The summed E-state index contributed by atoms with van der Waals surface area (Å²) < 4.78 is 0. The summed E-state index contributed by atoms with van der Waals surface area (Å²) in [6.45, 7) is 1.31. The molecule has 0 aliphatic carbocycles. The van der Waals surface area contributed by atoms with Crippen molar-refractivity contribution in [3.63, 3.8) is 0 Å². The molecular weight excluding hydrogens is 414 g/mol. The maximum Gasteiger partial charge on any atom is 0.251 e. The van der Waals surface area contributed by atoms with Crippen molar-refractivity contribution in [2.24, 2.45) is 0 Å². The van der Waals surface area contributed by atoms with Crippen molar-refractivity contribution < 1.29 is 4.79 Å². The van der Waals surface area contributed by atoms with Gasteiger partial charge in [-0.25, -0.2) is 9.97 Å². The van der Waals surface area contributed by atoms with Gasteiger partial charge < -0.3 is 16.0 Å². The van der Waals surface area contributed by atoms with E-state index in [9.17, 15) is 4.79 Å². The van der Waals surface area contributed by atoms with Crippen LogP contribution in [0.25, 0.3) is 11.0 Å². The maximum absolute atomic E-state index is 12.0. The average Bonchev–Trinajstić information content (AvgIpc) is 3.21. The number of unbranched alkanes of at least 4 members (excludes halogenated alkanes) is 1. The predicted octanol–water partition coefficient (Wildman–Crippen LogP) is 4.37. The van der Waals surface area contributed by atoms with Crippen LogP contribution in [0.4, 0.5) is 17.3 Å². The molecule has 0 aliphatic rings. The van der Waals surface area contributed by atoms with Gasteiger partial charge in [0.2, 0.25) is 0 Å². The van der Waals surface area contributed by atoms with Gasteiger partial charge in [-0.1, -0.05) is 35.9 Å². The largest absolute Gasteiger partial charge is 0.368 e. The Bertz CT molecular complexity index is 1160.